The Balaban J connectivity index is 1.58. The predicted molar refractivity (Wildman–Crippen MR) is 98.4 cm³/mol. The summed E-state index contributed by atoms with van der Waals surface area (Å²) in [7, 11) is 0. The van der Waals surface area contributed by atoms with Crippen LogP contribution in [0.25, 0.3) is 0 Å². The van der Waals surface area contributed by atoms with Crippen LogP contribution in [-0.2, 0) is 9.59 Å². The smallest absolute Gasteiger partial charge is 0.269 e. The summed E-state index contributed by atoms with van der Waals surface area (Å²) in [6.45, 7) is 4.16. The SMILES string of the molecule is Cc1ccc(N2C[C@@H](C(=O)NNC(=O)c3cccc(C)c3)CC2=O)cc1. The van der Waals surface area contributed by atoms with Crippen molar-refractivity contribution in [2.24, 2.45) is 5.92 Å². The lowest BCUT2D eigenvalue weighted by molar-refractivity contribution is -0.126. The van der Waals surface area contributed by atoms with Crippen molar-refractivity contribution in [2.45, 2.75) is 20.3 Å². The van der Waals surface area contributed by atoms with Gasteiger partial charge in [-0.2, -0.15) is 0 Å². The van der Waals surface area contributed by atoms with Crippen LogP contribution in [0.3, 0.4) is 0 Å². The maximum absolute atomic E-state index is 12.3. The van der Waals surface area contributed by atoms with Gasteiger partial charge in [0.25, 0.3) is 5.91 Å². The number of benzene rings is 2. The molecule has 1 atom stereocenters. The van der Waals surface area contributed by atoms with Gasteiger partial charge in [0.2, 0.25) is 11.8 Å². The topological polar surface area (TPSA) is 78.5 Å². The third kappa shape index (κ3) is 3.91. The molecule has 1 heterocycles. The number of amides is 3. The Morgan fingerprint density at radius 2 is 1.73 bits per heavy atom. The monoisotopic (exact) mass is 351 g/mol. The summed E-state index contributed by atoms with van der Waals surface area (Å²) in [6, 6.07) is 14.7. The molecule has 2 N–H and O–H groups in total. The van der Waals surface area contributed by atoms with Crippen molar-refractivity contribution in [3.05, 3.63) is 65.2 Å². The predicted octanol–water partition coefficient (Wildman–Crippen LogP) is 2.12. The number of anilines is 1. The molecule has 2 aromatic carbocycles. The first kappa shape index (κ1) is 17.7. The third-order valence-corrected chi connectivity index (χ3v) is 4.42. The van der Waals surface area contributed by atoms with Gasteiger partial charge in [0.1, 0.15) is 0 Å². The number of carbonyl (C=O) groups is 3. The Morgan fingerprint density at radius 1 is 1.00 bits per heavy atom. The summed E-state index contributed by atoms with van der Waals surface area (Å²) < 4.78 is 0. The van der Waals surface area contributed by atoms with Crippen molar-refractivity contribution < 1.29 is 14.4 Å². The summed E-state index contributed by atoms with van der Waals surface area (Å²) in [6.07, 6.45) is 0.125. The van der Waals surface area contributed by atoms with E-state index in [0.29, 0.717) is 12.1 Å². The van der Waals surface area contributed by atoms with Crippen molar-refractivity contribution in [3.63, 3.8) is 0 Å². The Labute approximate surface area is 152 Å². The molecule has 1 fully saturated rings. The van der Waals surface area contributed by atoms with E-state index in [9.17, 15) is 14.4 Å². The summed E-state index contributed by atoms with van der Waals surface area (Å²) in [4.78, 5) is 38.2. The minimum Gasteiger partial charge on any atom is -0.312 e. The highest BCUT2D eigenvalue weighted by Crippen LogP contribution is 2.25. The zero-order valence-corrected chi connectivity index (χ0v) is 14.8. The fourth-order valence-corrected chi connectivity index (χ4v) is 2.94. The van der Waals surface area contributed by atoms with Crippen molar-refractivity contribution >= 4 is 23.4 Å². The second-order valence-electron chi connectivity index (χ2n) is 6.55. The minimum atomic E-state index is -0.499. The fourth-order valence-electron chi connectivity index (χ4n) is 2.94. The summed E-state index contributed by atoms with van der Waals surface area (Å²) in [5, 5.41) is 0. The second kappa shape index (κ2) is 7.39. The van der Waals surface area contributed by atoms with E-state index in [2.05, 4.69) is 10.9 Å². The van der Waals surface area contributed by atoms with Crippen LogP contribution in [0.2, 0.25) is 0 Å². The van der Waals surface area contributed by atoms with Gasteiger partial charge >= 0.3 is 0 Å². The van der Waals surface area contributed by atoms with Crippen molar-refractivity contribution in [3.8, 4) is 0 Å². The molecule has 0 bridgehead atoms. The standard InChI is InChI=1S/C20H21N3O3/c1-13-6-8-17(9-7-13)23-12-16(11-18(23)24)20(26)22-21-19(25)15-5-3-4-14(2)10-15/h3-10,16H,11-12H2,1-2H3,(H,21,25)(H,22,26)/t16-/m0/s1. The summed E-state index contributed by atoms with van der Waals surface area (Å²) in [5.41, 5.74) is 8.14. The van der Waals surface area contributed by atoms with Crippen LogP contribution in [0.1, 0.15) is 27.9 Å². The van der Waals surface area contributed by atoms with Crippen LogP contribution in [-0.4, -0.2) is 24.3 Å². The largest absolute Gasteiger partial charge is 0.312 e. The van der Waals surface area contributed by atoms with Crippen LogP contribution in [0.5, 0.6) is 0 Å². The Bertz CT molecular complexity index is 846. The van der Waals surface area contributed by atoms with Gasteiger partial charge in [0.05, 0.1) is 5.92 Å². The van der Waals surface area contributed by atoms with Gasteiger partial charge in [-0.1, -0.05) is 35.4 Å². The van der Waals surface area contributed by atoms with Gasteiger partial charge in [-0.05, 0) is 38.1 Å². The highest BCUT2D eigenvalue weighted by molar-refractivity contribution is 6.01. The Morgan fingerprint density at radius 3 is 2.42 bits per heavy atom. The fraction of sp³-hybridized carbons (Fsp3) is 0.250. The number of nitrogens with one attached hydrogen (secondary N) is 2. The van der Waals surface area contributed by atoms with Crippen LogP contribution in [0, 0.1) is 19.8 Å². The molecule has 0 aromatic heterocycles. The third-order valence-electron chi connectivity index (χ3n) is 4.42. The van der Waals surface area contributed by atoms with Gasteiger partial charge in [-0.25, -0.2) is 0 Å². The molecule has 0 unspecified atom stereocenters. The lowest BCUT2D eigenvalue weighted by atomic mass is 10.1. The molecule has 0 saturated carbocycles. The molecular weight excluding hydrogens is 330 g/mol. The van der Waals surface area contributed by atoms with Gasteiger partial charge in [0, 0.05) is 24.2 Å². The number of hydrogen-bond donors (Lipinski definition) is 2. The molecule has 0 radical (unpaired) electrons. The molecule has 2 aromatic rings. The van der Waals surface area contributed by atoms with E-state index in [1.54, 1.807) is 23.1 Å². The molecule has 0 aliphatic carbocycles. The number of nitrogens with zero attached hydrogens (tertiary/aromatic N) is 1. The lowest BCUT2D eigenvalue weighted by Crippen LogP contribution is -2.45. The molecule has 6 heteroatoms. The van der Waals surface area contributed by atoms with Crippen LogP contribution >= 0.6 is 0 Å². The van der Waals surface area contributed by atoms with E-state index in [1.165, 1.54) is 0 Å². The highest BCUT2D eigenvalue weighted by Gasteiger charge is 2.35. The average molecular weight is 351 g/mol. The molecule has 26 heavy (non-hydrogen) atoms. The highest BCUT2D eigenvalue weighted by atomic mass is 16.2. The molecule has 3 amide bonds. The maximum Gasteiger partial charge on any atom is 0.269 e. The van der Waals surface area contributed by atoms with Crippen LogP contribution < -0.4 is 15.8 Å². The van der Waals surface area contributed by atoms with Gasteiger partial charge < -0.3 is 4.90 Å². The summed E-state index contributed by atoms with van der Waals surface area (Å²) in [5.74, 6) is -1.35. The molecule has 134 valence electrons. The maximum atomic E-state index is 12.3. The van der Waals surface area contributed by atoms with E-state index in [-0.39, 0.29) is 24.1 Å². The average Bonchev–Trinajstić information content (AvgIpc) is 3.02. The van der Waals surface area contributed by atoms with E-state index in [0.717, 1.165) is 16.8 Å². The molecule has 6 nitrogen and oxygen atoms in total. The molecule has 1 aliphatic heterocycles. The van der Waals surface area contributed by atoms with Crippen molar-refractivity contribution in [2.75, 3.05) is 11.4 Å². The number of hydrazine groups is 1. The Kier molecular flexibility index (Phi) is 5.02. The lowest BCUT2D eigenvalue weighted by Gasteiger charge is -2.17. The molecule has 3 rings (SSSR count). The van der Waals surface area contributed by atoms with E-state index < -0.39 is 5.92 Å². The second-order valence-corrected chi connectivity index (χ2v) is 6.55. The first-order valence-corrected chi connectivity index (χ1v) is 8.48. The van der Waals surface area contributed by atoms with E-state index in [1.807, 2.05) is 44.2 Å². The normalized spacial score (nSPS) is 16.5. The van der Waals surface area contributed by atoms with E-state index >= 15 is 0 Å². The number of hydrogen-bond acceptors (Lipinski definition) is 3. The van der Waals surface area contributed by atoms with Crippen molar-refractivity contribution in [1.82, 2.24) is 10.9 Å². The molecule has 1 aliphatic rings. The van der Waals surface area contributed by atoms with Crippen LogP contribution in [0.4, 0.5) is 5.69 Å². The molecular formula is C20H21N3O3. The number of rotatable bonds is 3. The minimum absolute atomic E-state index is 0.0981. The molecule has 1 saturated heterocycles. The van der Waals surface area contributed by atoms with Gasteiger partial charge in [-0.15, -0.1) is 0 Å². The first-order valence-electron chi connectivity index (χ1n) is 8.48. The zero-order valence-electron chi connectivity index (χ0n) is 14.8. The summed E-state index contributed by atoms with van der Waals surface area (Å²) >= 11 is 0. The van der Waals surface area contributed by atoms with Gasteiger partial charge in [0.15, 0.2) is 0 Å². The zero-order chi connectivity index (χ0) is 18.7. The number of carbonyl (C=O) groups excluding carboxylic acids is 3. The van der Waals surface area contributed by atoms with Crippen LogP contribution in [0.15, 0.2) is 48.5 Å². The first-order chi connectivity index (χ1) is 12.4. The number of aryl methyl sites for hydroxylation is 2. The molecule has 0 spiro atoms. The van der Waals surface area contributed by atoms with Crippen molar-refractivity contribution in [1.29, 1.82) is 0 Å². The van der Waals surface area contributed by atoms with Gasteiger partial charge in [-0.3, -0.25) is 25.2 Å². The Hall–Kier alpha value is -3.15. The van der Waals surface area contributed by atoms with E-state index in [4.69, 9.17) is 0 Å². The quantitative estimate of drug-likeness (QED) is 0.832.